The lowest BCUT2D eigenvalue weighted by molar-refractivity contribution is 0.573. The smallest absolute Gasteiger partial charge is 0.151 e. The monoisotopic (exact) mass is 222 g/mol. The lowest BCUT2D eigenvalue weighted by atomic mass is 10.1. The average molecular weight is 222 g/mol. The third-order valence-electron chi connectivity index (χ3n) is 2.43. The number of hydrogen-bond donors (Lipinski definition) is 0. The van der Waals surface area contributed by atoms with Gasteiger partial charge in [-0.1, -0.05) is 13.8 Å². The normalized spacial score (nSPS) is 11.1. The van der Waals surface area contributed by atoms with E-state index in [0.717, 1.165) is 11.6 Å². The van der Waals surface area contributed by atoms with Crippen LogP contribution in [0.2, 0.25) is 0 Å². The summed E-state index contributed by atoms with van der Waals surface area (Å²) in [6.07, 6.45) is 3.44. The minimum Gasteiger partial charge on any atom is -0.238 e. The van der Waals surface area contributed by atoms with Gasteiger partial charge in [-0.2, -0.15) is 5.10 Å². The molecule has 0 amide bonds. The van der Waals surface area contributed by atoms with Crippen LogP contribution in [0.5, 0.6) is 0 Å². The molecule has 0 N–H and O–H groups in total. The summed E-state index contributed by atoms with van der Waals surface area (Å²) < 4.78 is 27.6. The summed E-state index contributed by atoms with van der Waals surface area (Å²) in [4.78, 5) is 0. The fourth-order valence-corrected chi connectivity index (χ4v) is 1.43. The first-order valence-electron chi connectivity index (χ1n) is 5.08. The third-order valence-corrected chi connectivity index (χ3v) is 2.43. The van der Waals surface area contributed by atoms with Gasteiger partial charge in [0.2, 0.25) is 0 Å². The van der Waals surface area contributed by atoms with E-state index in [1.165, 1.54) is 16.8 Å². The number of benzene rings is 1. The molecule has 0 aliphatic heterocycles. The Bertz CT molecular complexity index is 503. The van der Waals surface area contributed by atoms with Crippen LogP contribution in [-0.4, -0.2) is 9.78 Å². The molecule has 2 rings (SSSR count). The van der Waals surface area contributed by atoms with E-state index in [4.69, 9.17) is 0 Å². The summed E-state index contributed by atoms with van der Waals surface area (Å²) in [5.41, 5.74) is 1.28. The number of nitrogens with zero attached hydrogens (tertiary/aromatic N) is 2. The van der Waals surface area contributed by atoms with Crippen molar-refractivity contribution in [3.05, 3.63) is 47.8 Å². The van der Waals surface area contributed by atoms with E-state index < -0.39 is 11.6 Å². The maximum absolute atomic E-state index is 13.4. The first-order chi connectivity index (χ1) is 7.58. The summed E-state index contributed by atoms with van der Waals surface area (Å²) in [5, 5.41) is 4.05. The Morgan fingerprint density at radius 3 is 2.56 bits per heavy atom. The van der Waals surface area contributed by atoms with Gasteiger partial charge < -0.3 is 0 Å². The van der Waals surface area contributed by atoms with Crippen LogP contribution in [0.4, 0.5) is 8.78 Å². The van der Waals surface area contributed by atoms with Crippen molar-refractivity contribution >= 4 is 0 Å². The van der Waals surface area contributed by atoms with Gasteiger partial charge >= 0.3 is 0 Å². The van der Waals surface area contributed by atoms with Crippen molar-refractivity contribution < 1.29 is 8.78 Å². The molecule has 0 saturated carbocycles. The Balaban J connectivity index is 2.42. The molecule has 0 bridgehead atoms. The highest BCUT2D eigenvalue weighted by Gasteiger charge is 2.08. The molecule has 2 nitrogen and oxygen atoms in total. The van der Waals surface area contributed by atoms with Gasteiger partial charge in [-0.3, -0.25) is 0 Å². The second kappa shape index (κ2) is 4.04. The zero-order valence-electron chi connectivity index (χ0n) is 9.11. The zero-order chi connectivity index (χ0) is 11.7. The van der Waals surface area contributed by atoms with Gasteiger partial charge in [0.25, 0.3) is 0 Å². The Kier molecular flexibility index (Phi) is 2.73. The fraction of sp³-hybridized carbons (Fsp3) is 0.250. The van der Waals surface area contributed by atoms with Crippen molar-refractivity contribution in [2.75, 3.05) is 0 Å². The van der Waals surface area contributed by atoms with Gasteiger partial charge in [0.15, 0.2) is 5.82 Å². The molecule has 0 radical (unpaired) electrons. The second-order valence-corrected chi connectivity index (χ2v) is 3.97. The molecular weight excluding hydrogens is 210 g/mol. The Hall–Kier alpha value is -1.71. The van der Waals surface area contributed by atoms with Crippen molar-refractivity contribution in [2.24, 2.45) is 0 Å². The standard InChI is InChI=1S/C12H12F2N2/c1-8(2)9-6-15-16(7-9)12-4-3-10(13)5-11(12)14/h3-8H,1-2H3. The van der Waals surface area contributed by atoms with Gasteiger partial charge in [0.1, 0.15) is 11.5 Å². The van der Waals surface area contributed by atoms with E-state index in [2.05, 4.69) is 5.10 Å². The minimum atomic E-state index is -0.613. The first-order valence-corrected chi connectivity index (χ1v) is 5.08. The van der Waals surface area contributed by atoms with Crippen LogP contribution in [0, 0.1) is 11.6 Å². The van der Waals surface area contributed by atoms with Crippen molar-refractivity contribution in [1.82, 2.24) is 9.78 Å². The van der Waals surface area contributed by atoms with Crippen LogP contribution in [0.1, 0.15) is 25.3 Å². The molecule has 0 fully saturated rings. The van der Waals surface area contributed by atoms with E-state index >= 15 is 0 Å². The molecule has 0 atom stereocenters. The van der Waals surface area contributed by atoms with Crippen molar-refractivity contribution in [1.29, 1.82) is 0 Å². The number of halogens is 2. The summed E-state index contributed by atoms with van der Waals surface area (Å²) in [7, 11) is 0. The summed E-state index contributed by atoms with van der Waals surface area (Å²) in [6.45, 7) is 4.06. The molecule has 1 aromatic carbocycles. The maximum atomic E-state index is 13.4. The summed E-state index contributed by atoms with van der Waals surface area (Å²) >= 11 is 0. The van der Waals surface area contributed by atoms with E-state index in [1.807, 2.05) is 13.8 Å². The quantitative estimate of drug-likeness (QED) is 0.762. The molecule has 84 valence electrons. The largest absolute Gasteiger partial charge is 0.238 e. The second-order valence-electron chi connectivity index (χ2n) is 3.97. The molecule has 2 aromatic rings. The van der Waals surface area contributed by atoms with Gasteiger partial charge in [-0.05, 0) is 23.6 Å². The molecule has 0 aliphatic carbocycles. The highest BCUT2D eigenvalue weighted by molar-refractivity contribution is 5.33. The van der Waals surface area contributed by atoms with Crippen LogP contribution in [0.15, 0.2) is 30.6 Å². The molecule has 0 saturated heterocycles. The van der Waals surface area contributed by atoms with Crippen LogP contribution < -0.4 is 0 Å². The lowest BCUT2D eigenvalue weighted by Gasteiger charge is -2.03. The zero-order valence-corrected chi connectivity index (χ0v) is 9.11. The van der Waals surface area contributed by atoms with E-state index in [9.17, 15) is 8.78 Å². The van der Waals surface area contributed by atoms with Gasteiger partial charge in [0.05, 0.1) is 6.20 Å². The predicted octanol–water partition coefficient (Wildman–Crippen LogP) is 3.27. The van der Waals surface area contributed by atoms with Crippen LogP contribution in [0.25, 0.3) is 5.69 Å². The Labute approximate surface area is 92.5 Å². The first kappa shape index (κ1) is 10.8. The molecule has 1 heterocycles. The van der Waals surface area contributed by atoms with E-state index in [-0.39, 0.29) is 5.69 Å². The Morgan fingerprint density at radius 2 is 2.00 bits per heavy atom. The van der Waals surface area contributed by atoms with Crippen molar-refractivity contribution in [2.45, 2.75) is 19.8 Å². The van der Waals surface area contributed by atoms with Crippen molar-refractivity contribution in [3.63, 3.8) is 0 Å². The molecule has 0 spiro atoms. The van der Waals surface area contributed by atoms with Crippen LogP contribution in [-0.2, 0) is 0 Å². The maximum Gasteiger partial charge on any atom is 0.151 e. The fourth-order valence-electron chi connectivity index (χ4n) is 1.43. The minimum absolute atomic E-state index is 0.258. The van der Waals surface area contributed by atoms with Gasteiger partial charge in [0, 0.05) is 12.3 Å². The van der Waals surface area contributed by atoms with Crippen LogP contribution in [0.3, 0.4) is 0 Å². The highest BCUT2D eigenvalue weighted by Crippen LogP contribution is 2.18. The lowest BCUT2D eigenvalue weighted by Crippen LogP contribution is -1.98. The summed E-state index contributed by atoms with van der Waals surface area (Å²) in [6, 6.07) is 3.45. The molecular formula is C12H12F2N2. The molecule has 4 heteroatoms. The van der Waals surface area contributed by atoms with Crippen molar-refractivity contribution in [3.8, 4) is 5.69 Å². The summed E-state index contributed by atoms with van der Waals surface area (Å²) in [5.74, 6) is -0.867. The topological polar surface area (TPSA) is 17.8 Å². The number of hydrogen-bond acceptors (Lipinski definition) is 1. The van der Waals surface area contributed by atoms with E-state index in [1.54, 1.807) is 12.4 Å². The third kappa shape index (κ3) is 1.96. The average Bonchev–Trinajstić information content (AvgIpc) is 2.66. The Morgan fingerprint density at radius 1 is 1.25 bits per heavy atom. The van der Waals surface area contributed by atoms with E-state index in [0.29, 0.717) is 5.92 Å². The number of rotatable bonds is 2. The predicted molar refractivity (Wildman–Crippen MR) is 57.6 cm³/mol. The molecule has 16 heavy (non-hydrogen) atoms. The molecule has 1 aromatic heterocycles. The van der Waals surface area contributed by atoms with Gasteiger partial charge in [-0.25, -0.2) is 13.5 Å². The SMILES string of the molecule is CC(C)c1cnn(-c2ccc(F)cc2F)c1. The van der Waals surface area contributed by atoms with Crippen LogP contribution >= 0.6 is 0 Å². The van der Waals surface area contributed by atoms with Gasteiger partial charge in [-0.15, -0.1) is 0 Å². The highest BCUT2D eigenvalue weighted by atomic mass is 19.1. The molecule has 0 unspecified atom stereocenters. The number of aromatic nitrogens is 2. The molecule has 0 aliphatic rings.